The summed E-state index contributed by atoms with van der Waals surface area (Å²) in [6, 6.07) is 0.834. The van der Waals surface area contributed by atoms with E-state index in [1.807, 2.05) is 20.8 Å². The zero-order chi connectivity index (χ0) is 36.9. The summed E-state index contributed by atoms with van der Waals surface area (Å²) in [7, 11) is 0. The van der Waals surface area contributed by atoms with Crippen LogP contribution in [0, 0.1) is 50.7 Å². The van der Waals surface area contributed by atoms with Gasteiger partial charge in [-0.05, 0) is 137 Å². The molecule has 0 aromatic rings. The molecule has 2 N–H and O–H groups in total. The Hall–Kier alpha value is -0.320. The number of ether oxygens (including phenoxy) is 4. The van der Waals surface area contributed by atoms with Crippen LogP contribution in [0.25, 0.3) is 0 Å². The molecule has 2 spiro atoms. The van der Waals surface area contributed by atoms with Gasteiger partial charge in [0, 0.05) is 43.2 Å². The van der Waals surface area contributed by atoms with Crippen molar-refractivity contribution in [1.82, 2.24) is 9.80 Å². The summed E-state index contributed by atoms with van der Waals surface area (Å²) in [5.41, 5.74) is -0.176. The first kappa shape index (κ1) is 37.3. The van der Waals surface area contributed by atoms with Crippen LogP contribution in [-0.2, 0) is 18.9 Å². The van der Waals surface area contributed by atoms with Crippen molar-refractivity contribution in [2.45, 2.75) is 187 Å². The van der Waals surface area contributed by atoms with Crippen molar-refractivity contribution in [1.29, 1.82) is 0 Å². The molecule has 9 fully saturated rings. The van der Waals surface area contributed by atoms with Crippen molar-refractivity contribution in [3.8, 4) is 0 Å². The Labute approximate surface area is 315 Å². The van der Waals surface area contributed by atoms with Crippen molar-refractivity contribution >= 4 is 0 Å². The largest absolute Gasteiger partial charge is 0.390 e. The molecular formula is C44H74N2O6. The van der Waals surface area contributed by atoms with Gasteiger partial charge < -0.3 is 29.2 Å². The minimum atomic E-state index is -1.01. The second-order valence-corrected chi connectivity index (χ2v) is 21.9. The molecule has 0 aromatic carbocycles. The lowest BCUT2D eigenvalue weighted by molar-refractivity contribution is -0.260. The maximum Gasteiger partial charge on any atom is 0.170 e. The van der Waals surface area contributed by atoms with Crippen LogP contribution >= 0.6 is 0 Å². The van der Waals surface area contributed by atoms with Gasteiger partial charge in [-0.25, -0.2) is 0 Å². The number of aliphatic hydroxyl groups is 2. The molecule has 6 aliphatic carbocycles. The summed E-state index contributed by atoms with van der Waals surface area (Å²) in [6.07, 6.45) is 12.4. The van der Waals surface area contributed by atoms with Gasteiger partial charge in [0.15, 0.2) is 6.29 Å². The van der Waals surface area contributed by atoms with Crippen molar-refractivity contribution in [3.63, 3.8) is 0 Å². The van der Waals surface area contributed by atoms with Crippen LogP contribution in [0.5, 0.6) is 0 Å². The highest BCUT2D eigenvalue weighted by atomic mass is 16.7. The van der Waals surface area contributed by atoms with Gasteiger partial charge in [0.2, 0.25) is 0 Å². The van der Waals surface area contributed by atoms with E-state index < -0.39 is 17.8 Å². The number of aliphatic hydroxyl groups excluding tert-OH is 1. The van der Waals surface area contributed by atoms with Gasteiger partial charge in [-0.3, -0.25) is 9.80 Å². The predicted molar refractivity (Wildman–Crippen MR) is 202 cm³/mol. The van der Waals surface area contributed by atoms with Gasteiger partial charge in [-0.2, -0.15) is 0 Å². The Morgan fingerprint density at radius 1 is 0.942 bits per heavy atom. The minimum absolute atomic E-state index is 0.0237. The standard InChI is InChI=1S/C44H74N2O6/c1-10-49-37(39(5,6)48)29-22-27(2)34-35(51-29)36(47)42(9)31-15-14-30-38(3,4)32(16-17-43(30)24-44(31,43)19-18-41(34,42)8)52-33-23-46(20-21-50-33)40(7)25-45(26-40)28-12-11-13-28/h27-37,47-48H,10-26H2,1-9H3/t27-,29?,30+,31?,32+,33+,34+,35?,36+,37+,41-,42-,43-,44+/m1/s1. The van der Waals surface area contributed by atoms with Gasteiger partial charge in [0.25, 0.3) is 0 Å². The van der Waals surface area contributed by atoms with E-state index in [-0.39, 0.29) is 46.4 Å². The van der Waals surface area contributed by atoms with Crippen molar-refractivity contribution < 1.29 is 29.2 Å². The number of nitrogens with zero attached hydrogens (tertiary/aromatic N) is 2. The van der Waals surface area contributed by atoms with Crippen LogP contribution in [0.4, 0.5) is 0 Å². The lowest BCUT2D eigenvalue weighted by Gasteiger charge is -2.64. The first-order valence-electron chi connectivity index (χ1n) is 21.9. The van der Waals surface area contributed by atoms with Crippen molar-refractivity contribution in [2.75, 3.05) is 39.4 Å². The number of rotatable bonds is 8. The zero-order valence-corrected chi connectivity index (χ0v) is 34.3. The summed E-state index contributed by atoms with van der Waals surface area (Å²) < 4.78 is 26.6. The molecule has 9 aliphatic rings. The first-order valence-corrected chi connectivity index (χ1v) is 21.9. The molecule has 0 radical (unpaired) electrons. The molecule has 14 atom stereocenters. The van der Waals surface area contributed by atoms with E-state index >= 15 is 0 Å². The summed E-state index contributed by atoms with van der Waals surface area (Å²) in [5.74, 6) is 1.86. The van der Waals surface area contributed by atoms with E-state index in [0.29, 0.717) is 41.1 Å². The lowest BCUT2D eigenvalue weighted by atomic mass is 9.41. The van der Waals surface area contributed by atoms with E-state index in [9.17, 15) is 10.2 Å². The number of fused-ring (bicyclic) bond motifs is 4. The maximum atomic E-state index is 12.7. The minimum Gasteiger partial charge on any atom is -0.390 e. The first-order chi connectivity index (χ1) is 24.4. The summed E-state index contributed by atoms with van der Waals surface area (Å²) >= 11 is 0. The van der Waals surface area contributed by atoms with E-state index in [1.54, 1.807) is 0 Å². The Kier molecular flexibility index (Phi) is 8.67. The van der Waals surface area contributed by atoms with Crippen LogP contribution in [-0.4, -0.2) is 113 Å². The van der Waals surface area contributed by atoms with E-state index in [4.69, 9.17) is 18.9 Å². The quantitative estimate of drug-likeness (QED) is 0.288. The maximum absolute atomic E-state index is 12.7. The number of likely N-dealkylation sites (tertiary alicyclic amines) is 1. The van der Waals surface area contributed by atoms with Gasteiger partial charge >= 0.3 is 0 Å². The second kappa shape index (κ2) is 12.1. The Morgan fingerprint density at radius 2 is 1.65 bits per heavy atom. The number of morpholine rings is 1. The number of hydrogen-bond donors (Lipinski definition) is 2. The Morgan fingerprint density at radius 3 is 2.33 bits per heavy atom. The highest BCUT2D eigenvalue weighted by molar-refractivity contribution is 5.33. The third kappa shape index (κ3) is 4.92. The highest BCUT2D eigenvalue weighted by Gasteiger charge is 2.84. The molecule has 3 saturated heterocycles. The van der Waals surface area contributed by atoms with E-state index in [0.717, 1.165) is 38.6 Å². The molecule has 0 bridgehead atoms. The average molecular weight is 727 g/mol. The van der Waals surface area contributed by atoms with Crippen molar-refractivity contribution in [3.05, 3.63) is 0 Å². The Bertz CT molecular complexity index is 1370. The zero-order valence-electron chi connectivity index (χ0n) is 34.3. The topological polar surface area (TPSA) is 83.9 Å². The molecule has 3 aliphatic heterocycles. The van der Waals surface area contributed by atoms with Gasteiger partial charge in [0.05, 0.1) is 43.2 Å². The predicted octanol–water partition coefficient (Wildman–Crippen LogP) is 6.65. The smallest absolute Gasteiger partial charge is 0.170 e. The van der Waals surface area contributed by atoms with Crippen LogP contribution in [0.1, 0.15) is 133 Å². The molecule has 8 nitrogen and oxygen atoms in total. The molecule has 3 unspecified atom stereocenters. The van der Waals surface area contributed by atoms with Crippen LogP contribution in [0.15, 0.2) is 0 Å². The Balaban J connectivity index is 0.909. The SMILES string of the molecule is CCO[C@@H](C1C[C@@H](C)[C@H]2C(O1)[C@H](O)[C@@]1(C)C3CC[C@H]4C(C)(C)[C@@H](O[C@H]5CN(C6(C)CN(C7CCC7)C6)CCO5)CC[C@@]45C[C@@]35CC[C@]21C)C(C)(C)O. The second-order valence-electron chi connectivity index (χ2n) is 21.9. The highest BCUT2D eigenvalue weighted by Crippen LogP contribution is 2.89. The fourth-order valence-corrected chi connectivity index (χ4v) is 16.1. The van der Waals surface area contributed by atoms with Gasteiger partial charge in [0.1, 0.15) is 6.10 Å². The van der Waals surface area contributed by atoms with Crippen LogP contribution in [0.3, 0.4) is 0 Å². The molecule has 3 heterocycles. The molecule has 0 amide bonds. The van der Waals surface area contributed by atoms with Crippen LogP contribution < -0.4 is 0 Å². The molecule has 6 saturated carbocycles. The molecule has 8 heteroatoms. The van der Waals surface area contributed by atoms with Crippen molar-refractivity contribution in [2.24, 2.45) is 50.7 Å². The third-order valence-corrected chi connectivity index (χ3v) is 18.9. The fraction of sp³-hybridized carbons (Fsp3) is 1.00. The van der Waals surface area contributed by atoms with Crippen LogP contribution in [0.2, 0.25) is 0 Å². The number of hydrogen-bond acceptors (Lipinski definition) is 8. The fourth-order valence-electron chi connectivity index (χ4n) is 16.1. The van der Waals surface area contributed by atoms with Gasteiger partial charge in [-0.1, -0.05) is 41.0 Å². The molecule has 52 heavy (non-hydrogen) atoms. The third-order valence-electron chi connectivity index (χ3n) is 18.9. The average Bonchev–Trinajstić information content (AvgIpc) is 3.67. The molecule has 296 valence electrons. The summed E-state index contributed by atoms with van der Waals surface area (Å²) in [5, 5.41) is 23.8. The monoisotopic (exact) mass is 727 g/mol. The summed E-state index contributed by atoms with van der Waals surface area (Å²) in [4.78, 5) is 5.40. The van der Waals surface area contributed by atoms with E-state index in [1.165, 1.54) is 70.9 Å². The molecule has 9 rings (SSSR count). The normalized spacial score (nSPS) is 51.9. The summed E-state index contributed by atoms with van der Waals surface area (Å²) in [6.45, 7) is 26.2. The van der Waals surface area contributed by atoms with Gasteiger partial charge in [-0.15, -0.1) is 0 Å². The molecule has 0 aromatic heterocycles. The molecular weight excluding hydrogens is 652 g/mol. The lowest BCUT2D eigenvalue weighted by Crippen LogP contribution is -2.73. The van der Waals surface area contributed by atoms with E-state index in [2.05, 4.69) is 51.3 Å².